The Morgan fingerprint density at radius 3 is 2.25 bits per heavy atom. The molecule has 0 aliphatic carbocycles. The van der Waals surface area contributed by atoms with E-state index < -0.39 is 11.6 Å². The second kappa shape index (κ2) is 5.78. The number of fused-ring (bicyclic) bond motifs is 2. The van der Waals surface area contributed by atoms with E-state index in [1.54, 1.807) is 0 Å². The molecular formula is C16H22F2N2. The molecule has 0 saturated carbocycles. The van der Waals surface area contributed by atoms with Crippen LogP contribution in [0.25, 0.3) is 0 Å². The van der Waals surface area contributed by atoms with Crippen molar-refractivity contribution in [1.29, 1.82) is 0 Å². The maximum Gasteiger partial charge on any atom is 0.126 e. The third kappa shape index (κ3) is 3.01. The van der Waals surface area contributed by atoms with Crippen molar-refractivity contribution in [3.63, 3.8) is 0 Å². The van der Waals surface area contributed by atoms with Crippen LogP contribution in [0.15, 0.2) is 18.2 Å². The quantitative estimate of drug-likeness (QED) is 0.912. The summed E-state index contributed by atoms with van der Waals surface area (Å²) in [4.78, 5) is 2.36. The highest BCUT2D eigenvalue weighted by atomic mass is 19.1. The van der Waals surface area contributed by atoms with Gasteiger partial charge >= 0.3 is 0 Å². The van der Waals surface area contributed by atoms with Crippen LogP contribution in [-0.2, 0) is 6.54 Å². The first-order valence-corrected chi connectivity index (χ1v) is 7.59. The molecule has 2 nitrogen and oxygen atoms in total. The monoisotopic (exact) mass is 280 g/mol. The molecule has 4 heteroatoms. The van der Waals surface area contributed by atoms with Crippen LogP contribution in [0.3, 0.4) is 0 Å². The minimum Gasteiger partial charge on any atom is -0.311 e. The van der Waals surface area contributed by atoms with Crippen LogP contribution in [0, 0.1) is 11.6 Å². The van der Waals surface area contributed by atoms with Crippen molar-refractivity contribution in [2.75, 3.05) is 6.54 Å². The Bertz CT molecular complexity index is 445. The Morgan fingerprint density at radius 2 is 1.70 bits per heavy atom. The van der Waals surface area contributed by atoms with Crippen molar-refractivity contribution in [2.45, 2.75) is 57.3 Å². The molecule has 1 aromatic carbocycles. The Balaban J connectivity index is 1.70. The maximum atomic E-state index is 13.3. The zero-order chi connectivity index (χ0) is 14.1. The van der Waals surface area contributed by atoms with E-state index in [2.05, 4.69) is 17.1 Å². The smallest absolute Gasteiger partial charge is 0.126 e. The summed E-state index contributed by atoms with van der Waals surface area (Å²) < 4.78 is 26.6. The third-order valence-corrected chi connectivity index (χ3v) is 4.68. The van der Waals surface area contributed by atoms with Crippen LogP contribution in [0.5, 0.6) is 0 Å². The minimum atomic E-state index is -0.485. The first-order valence-electron chi connectivity index (χ1n) is 7.59. The summed E-state index contributed by atoms with van der Waals surface area (Å²) in [5, 5.41) is 3.63. The van der Waals surface area contributed by atoms with Crippen molar-refractivity contribution < 1.29 is 8.78 Å². The highest BCUT2D eigenvalue weighted by Crippen LogP contribution is 2.30. The average molecular weight is 280 g/mol. The summed E-state index contributed by atoms with van der Waals surface area (Å²) in [6.45, 7) is 3.68. The second-order valence-corrected chi connectivity index (χ2v) is 6.10. The van der Waals surface area contributed by atoms with Crippen LogP contribution in [0.1, 0.15) is 38.2 Å². The molecule has 20 heavy (non-hydrogen) atoms. The van der Waals surface area contributed by atoms with Gasteiger partial charge in [-0.1, -0.05) is 6.92 Å². The van der Waals surface area contributed by atoms with Gasteiger partial charge in [-0.05, 0) is 49.9 Å². The van der Waals surface area contributed by atoms with Gasteiger partial charge in [-0.2, -0.15) is 0 Å². The van der Waals surface area contributed by atoms with Crippen molar-refractivity contribution in [2.24, 2.45) is 0 Å². The molecule has 2 atom stereocenters. The Hall–Kier alpha value is -1.00. The summed E-state index contributed by atoms with van der Waals surface area (Å²) >= 11 is 0. The van der Waals surface area contributed by atoms with E-state index in [9.17, 15) is 8.78 Å². The van der Waals surface area contributed by atoms with E-state index >= 15 is 0 Å². The fourth-order valence-corrected chi connectivity index (χ4v) is 3.76. The van der Waals surface area contributed by atoms with Crippen LogP contribution in [-0.4, -0.2) is 29.6 Å². The molecule has 0 spiro atoms. The lowest BCUT2D eigenvalue weighted by atomic mass is 9.97. The molecule has 2 fully saturated rings. The summed E-state index contributed by atoms with van der Waals surface area (Å²) in [6.07, 6.45) is 4.85. The molecule has 2 aliphatic rings. The first kappa shape index (κ1) is 14.0. The van der Waals surface area contributed by atoms with Gasteiger partial charge in [0.05, 0.1) is 0 Å². The van der Waals surface area contributed by atoms with Crippen LogP contribution in [0.2, 0.25) is 0 Å². The molecular weight excluding hydrogens is 258 g/mol. The van der Waals surface area contributed by atoms with Gasteiger partial charge < -0.3 is 5.32 Å². The number of nitrogens with zero attached hydrogens (tertiary/aromatic N) is 1. The van der Waals surface area contributed by atoms with Crippen molar-refractivity contribution in [3.05, 3.63) is 35.4 Å². The highest BCUT2D eigenvalue weighted by molar-refractivity contribution is 5.18. The van der Waals surface area contributed by atoms with E-state index in [1.165, 1.54) is 25.0 Å². The lowest BCUT2D eigenvalue weighted by molar-refractivity contribution is 0.140. The topological polar surface area (TPSA) is 15.3 Å². The minimum absolute atomic E-state index is 0.485. The van der Waals surface area contributed by atoms with Gasteiger partial charge in [-0.15, -0.1) is 0 Å². The van der Waals surface area contributed by atoms with Crippen molar-refractivity contribution in [3.8, 4) is 0 Å². The van der Waals surface area contributed by atoms with E-state index in [0.29, 0.717) is 24.7 Å². The Morgan fingerprint density at radius 1 is 1.10 bits per heavy atom. The molecule has 2 unspecified atom stereocenters. The molecule has 1 N–H and O–H groups in total. The number of hydrogen-bond acceptors (Lipinski definition) is 2. The van der Waals surface area contributed by atoms with Crippen LogP contribution < -0.4 is 5.32 Å². The second-order valence-electron chi connectivity index (χ2n) is 6.10. The molecule has 110 valence electrons. The molecule has 2 bridgehead atoms. The number of halogens is 2. The number of benzene rings is 1. The van der Waals surface area contributed by atoms with Crippen molar-refractivity contribution >= 4 is 0 Å². The van der Waals surface area contributed by atoms with E-state index in [0.717, 1.165) is 31.0 Å². The summed E-state index contributed by atoms with van der Waals surface area (Å²) in [6, 6.07) is 5.63. The summed E-state index contributed by atoms with van der Waals surface area (Å²) in [5.74, 6) is -0.970. The third-order valence-electron chi connectivity index (χ3n) is 4.68. The largest absolute Gasteiger partial charge is 0.311 e. The van der Waals surface area contributed by atoms with Gasteiger partial charge in [0.15, 0.2) is 0 Å². The fourth-order valence-electron chi connectivity index (χ4n) is 3.76. The van der Waals surface area contributed by atoms with Crippen LogP contribution in [0.4, 0.5) is 8.78 Å². The number of rotatable bonds is 4. The Kier molecular flexibility index (Phi) is 4.03. The molecule has 2 saturated heterocycles. The zero-order valence-corrected chi connectivity index (χ0v) is 11.9. The summed E-state index contributed by atoms with van der Waals surface area (Å²) in [7, 11) is 0. The average Bonchev–Trinajstić information content (AvgIpc) is 2.73. The predicted octanol–water partition coefficient (Wildman–Crippen LogP) is 3.07. The van der Waals surface area contributed by atoms with Gasteiger partial charge in [0.25, 0.3) is 0 Å². The van der Waals surface area contributed by atoms with Gasteiger partial charge in [-0.3, -0.25) is 4.90 Å². The van der Waals surface area contributed by atoms with Crippen LogP contribution >= 0.6 is 0 Å². The molecule has 0 aromatic heterocycles. The normalized spacial score (nSPS) is 29.1. The SMILES string of the molecule is CCN(Cc1cc(F)cc(F)c1)C1CC2CCC(C1)N2. The molecule has 3 rings (SSSR count). The van der Waals surface area contributed by atoms with Gasteiger partial charge in [0.1, 0.15) is 11.6 Å². The zero-order valence-electron chi connectivity index (χ0n) is 11.9. The highest BCUT2D eigenvalue weighted by Gasteiger charge is 2.35. The predicted molar refractivity (Wildman–Crippen MR) is 75.4 cm³/mol. The van der Waals surface area contributed by atoms with Gasteiger partial charge in [-0.25, -0.2) is 8.78 Å². The number of hydrogen-bond donors (Lipinski definition) is 1. The fraction of sp³-hybridized carbons (Fsp3) is 0.625. The number of piperidine rings is 1. The summed E-state index contributed by atoms with van der Waals surface area (Å²) in [5.41, 5.74) is 0.732. The molecule has 2 aliphatic heterocycles. The lowest BCUT2D eigenvalue weighted by Crippen LogP contribution is -2.47. The van der Waals surface area contributed by atoms with E-state index in [-0.39, 0.29) is 0 Å². The standard InChI is InChI=1S/C16H22F2N2/c1-2-20(10-11-5-12(17)7-13(18)6-11)16-8-14-3-4-15(9-16)19-14/h5-7,14-16,19H,2-4,8-10H2,1H3. The molecule has 2 heterocycles. The molecule has 1 aromatic rings. The van der Waals surface area contributed by atoms with E-state index in [1.807, 2.05) is 0 Å². The van der Waals surface area contributed by atoms with Gasteiger partial charge in [0.2, 0.25) is 0 Å². The van der Waals surface area contributed by atoms with Gasteiger partial charge in [0, 0.05) is 30.7 Å². The van der Waals surface area contributed by atoms with E-state index in [4.69, 9.17) is 0 Å². The first-order chi connectivity index (χ1) is 9.64. The Labute approximate surface area is 119 Å². The number of nitrogens with one attached hydrogen (secondary N) is 1. The van der Waals surface area contributed by atoms with Crippen molar-refractivity contribution in [1.82, 2.24) is 10.2 Å². The maximum absolute atomic E-state index is 13.3. The lowest BCUT2D eigenvalue weighted by Gasteiger charge is -2.37. The molecule has 0 amide bonds. The molecule has 0 radical (unpaired) electrons.